The number of allylic oxidation sites excluding steroid dienone is 1. The summed E-state index contributed by atoms with van der Waals surface area (Å²) in [5.74, 6) is 0.223. The fourth-order valence-corrected chi connectivity index (χ4v) is 2.90. The molecule has 0 amide bonds. The van der Waals surface area contributed by atoms with Crippen molar-refractivity contribution >= 4 is 27.6 Å². The molecule has 11 heteroatoms. The lowest BCUT2D eigenvalue weighted by molar-refractivity contribution is 0.881. The molecule has 0 atom stereocenters. The molecule has 0 aliphatic rings. The van der Waals surface area contributed by atoms with Crippen molar-refractivity contribution in [1.29, 1.82) is 5.26 Å². The summed E-state index contributed by atoms with van der Waals surface area (Å²) >= 11 is 1.42. The van der Waals surface area contributed by atoms with E-state index in [-0.39, 0.29) is 11.4 Å². The third-order valence-corrected chi connectivity index (χ3v) is 4.07. The molecule has 116 valence electrons. The van der Waals surface area contributed by atoms with Gasteiger partial charge in [0.2, 0.25) is 10.8 Å². The highest BCUT2D eigenvalue weighted by atomic mass is 32.1. The van der Waals surface area contributed by atoms with Crippen LogP contribution in [0.4, 0.5) is 5.69 Å². The van der Waals surface area contributed by atoms with Crippen molar-refractivity contribution in [3.8, 4) is 16.6 Å². The Kier molecular flexibility index (Phi) is 3.41. The van der Waals surface area contributed by atoms with Gasteiger partial charge in [-0.25, -0.2) is 0 Å². The second-order valence-electron chi connectivity index (χ2n) is 4.56. The number of nitrogens with zero attached hydrogens (tertiary/aromatic N) is 8. The number of fused-ring (bicyclic) bond motifs is 1. The van der Waals surface area contributed by atoms with Crippen molar-refractivity contribution in [2.24, 2.45) is 0 Å². The molecule has 2 N–H and O–H groups in total. The Morgan fingerprint density at radius 3 is 3.04 bits per heavy atom. The van der Waals surface area contributed by atoms with Crippen LogP contribution in [-0.2, 0) is 0 Å². The molecule has 4 aromatic rings. The zero-order chi connectivity index (χ0) is 16.4. The Labute approximate surface area is 138 Å². The Morgan fingerprint density at radius 2 is 2.25 bits per heavy atom. The first-order chi connectivity index (χ1) is 11.8. The highest BCUT2D eigenvalue weighted by Gasteiger charge is 2.12. The van der Waals surface area contributed by atoms with Gasteiger partial charge in [0.25, 0.3) is 0 Å². The molecule has 0 radical (unpaired) electrons. The summed E-state index contributed by atoms with van der Waals surface area (Å²) in [5.41, 5.74) is 1.94. The fourth-order valence-electron chi connectivity index (χ4n) is 2.04. The topological polar surface area (TPSA) is 133 Å². The molecular weight excluding hydrogens is 328 g/mol. The van der Waals surface area contributed by atoms with Crippen molar-refractivity contribution in [3.05, 3.63) is 42.6 Å². The zero-order valence-corrected chi connectivity index (χ0v) is 12.8. The van der Waals surface area contributed by atoms with E-state index in [1.54, 1.807) is 10.8 Å². The Bertz CT molecular complexity index is 1020. The number of H-pyrrole nitrogens is 1. The summed E-state index contributed by atoms with van der Waals surface area (Å²) < 4.78 is 1.62. The third-order valence-electron chi connectivity index (χ3n) is 3.12. The number of benzene rings is 1. The van der Waals surface area contributed by atoms with Gasteiger partial charge in [0.1, 0.15) is 23.0 Å². The summed E-state index contributed by atoms with van der Waals surface area (Å²) in [7, 11) is 0. The third kappa shape index (κ3) is 2.46. The first-order valence-electron chi connectivity index (χ1n) is 6.72. The number of aromatic amines is 1. The van der Waals surface area contributed by atoms with Crippen LogP contribution in [0.5, 0.6) is 0 Å². The summed E-state index contributed by atoms with van der Waals surface area (Å²) in [5, 5.41) is 38.7. The van der Waals surface area contributed by atoms with Crippen LogP contribution < -0.4 is 5.32 Å². The molecule has 0 fully saturated rings. The minimum absolute atomic E-state index is 0.223. The number of anilines is 1. The monoisotopic (exact) mass is 336 g/mol. The van der Waals surface area contributed by atoms with Gasteiger partial charge in [-0.15, -0.1) is 20.4 Å². The van der Waals surface area contributed by atoms with Gasteiger partial charge in [0.05, 0.1) is 0 Å². The summed E-state index contributed by atoms with van der Waals surface area (Å²) in [4.78, 5) is 0.708. The molecule has 24 heavy (non-hydrogen) atoms. The van der Waals surface area contributed by atoms with Gasteiger partial charge < -0.3 is 5.32 Å². The molecule has 3 aromatic heterocycles. The number of hydrogen-bond acceptors (Lipinski definition) is 9. The standard InChI is InChI=1S/C13H8N10S/c14-5-8(11-17-21-22-18-11)6-15-10-4-2-1-3-9(10)12-20-23-7-16-19-13(23)24-12/h1-4,6-7,15H,(H,17,18,21,22). The van der Waals surface area contributed by atoms with Gasteiger partial charge in [0, 0.05) is 17.5 Å². The average molecular weight is 336 g/mol. The number of nitriles is 1. The number of nitrogens with one attached hydrogen (secondary N) is 2. The SMILES string of the molecule is N#CC(=CNc1ccccc1-c1nn2cnnc2s1)c1nn[nH]n1. The van der Waals surface area contributed by atoms with Crippen LogP contribution in [0.1, 0.15) is 5.82 Å². The van der Waals surface area contributed by atoms with Gasteiger partial charge in [-0.1, -0.05) is 23.5 Å². The summed E-state index contributed by atoms with van der Waals surface area (Å²) in [6.45, 7) is 0. The molecule has 1 aromatic carbocycles. The van der Waals surface area contributed by atoms with Gasteiger partial charge in [-0.3, -0.25) is 0 Å². The maximum atomic E-state index is 9.22. The van der Waals surface area contributed by atoms with E-state index in [0.29, 0.717) is 4.96 Å². The van der Waals surface area contributed by atoms with Gasteiger partial charge in [0.15, 0.2) is 0 Å². The Balaban J connectivity index is 1.69. The maximum Gasteiger partial charge on any atom is 0.234 e. The van der Waals surface area contributed by atoms with Crippen LogP contribution in [-0.4, -0.2) is 40.4 Å². The van der Waals surface area contributed by atoms with Gasteiger partial charge in [-0.2, -0.15) is 20.1 Å². The molecule has 4 rings (SSSR count). The predicted octanol–water partition coefficient (Wildman–Crippen LogP) is 1.34. The average Bonchev–Trinajstić information content (AvgIpc) is 3.33. The van der Waals surface area contributed by atoms with Gasteiger partial charge in [-0.05, 0) is 17.3 Å². The van der Waals surface area contributed by atoms with Crippen LogP contribution >= 0.6 is 11.3 Å². The molecule has 0 saturated heterocycles. The van der Waals surface area contributed by atoms with Crippen LogP contribution in [0.25, 0.3) is 21.1 Å². The van der Waals surface area contributed by atoms with Crippen molar-refractivity contribution < 1.29 is 0 Å². The van der Waals surface area contributed by atoms with Gasteiger partial charge >= 0.3 is 0 Å². The van der Waals surface area contributed by atoms with Crippen LogP contribution in [0.3, 0.4) is 0 Å². The lowest BCUT2D eigenvalue weighted by atomic mass is 10.2. The molecule has 0 aliphatic heterocycles. The molecule has 0 bridgehead atoms. The highest BCUT2D eigenvalue weighted by Crippen LogP contribution is 2.31. The molecule has 0 unspecified atom stereocenters. The molecule has 0 spiro atoms. The number of rotatable bonds is 4. The van der Waals surface area contributed by atoms with E-state index in [1.807, 2.05) is 30.3 Å². The van der Waals surface area contributed by atoms with Crippen molar-refractivity contribution in [3.63, 3.8) is 0 Å². The second kappa shape index (κ2) is 5.86. The zero-order valence-electron chi connectivity index (χ0n) is 12.0. The molecule has 0 aliphatic carbocycles. The largest absolute Gasteiger partial charge is 0.360 e. The number of para-hydroxylation sites is 1. The van der Waals surface area contributed by atoms with E-state index >= 15 is 0 Å². The number of hydrogen-bond donors (Lipinski definition) is 2. The molecular formula is C13H8N10S. The van der Waals surface area contributed by atoms with E-state index < -0.39 is 0 Å². The van der Waals surface area contributed by atoms with E-state index in [1.165, 1.54) is 17.5 Å². The number of aromatic nitrogens is 8. The second-order valence-corrected chi connectivity index (χ2v) is 5.52. The van der Waals surface area contributed by atoms with Crippen LogP contribution in [0.2, 0.25) is 0 Å². The lowest BCUT2D eigenvalue weighted by Gasteiger charge is -2.06. The van der Waals surface area contributed by atoms with Crippen molar-refractivity contribution in [2.75, 3.05) is 5.32 Å². The highest BCUT2D eigenvalue weighted by molar-refractivity contribution is 7.19. The molecule has 0 saturated carbocycles. The Hall–Kier alpha value is -3.65. The summed E-state index contributed by atoms with van der Waals surface area (Å²) in [6.07, 6.45) is 3.08. The quantitative estimate of drug-likeness (QED) is 0.533. The van der Waals surface area contributed by atoms with Crippen molar-refractivity contribution in [1.82, 2.24) is 40.4 Å². The lowest BCUT2D eigenvalue weighted by Crippen LogP contribution is -1.95. The Morgan fingerprint density at radius 1 is 1.33 bits per heavy atom. The molecule has 10 nitrogen and oxygen atoms in total. The first-order valence-corrected chi connectivity index (χ1v) is 7.53. The van der Waals surface area contributed by atoms with Crippen molar-refractivity contribution in [2.45, 2.75) is 0 Å². The van der Waals surface area contributed by atoms with E-state index in [9.17, 15) is 5.26 Å². The van der Waals surface area contributed by atoms with E-state index in [4.69, 9.17) is 0 Å². The first kappa shape index (κ1) is 14.0. The fraction of sp³-hybridized carbons (Fsp3) is 0. The minimum Gasteiger partial charge on any atom is -0.360 e. The van der Waals surface area contributed by atoms with E-state index in [2.05, 4.69) is 41.2 Å². The van der Waals surface area contributed by atoms with Crippen LogP contribution in [0, 0.1) is 11.3 Å². The smallest absolute Gasteiger partial charge is 0.234 e. The predicted molar refractivity (Wildman–Crippen MR) is 85.5 cm³/mol. The number of tetrazole rings is 1. The normalized spacial score (nSPS) is 11.5. The maximum absolute atomic E-state index is 9.22. The molecule has 3 heterocycles. The summed E-state index contributed by atoms with van der Waals surface area (Å²) in [6, 6.07) is 9.65. The minimum atomic E-state index is 0.223. The van der Waals surface area contributed by atoms with E-state index in [0.717, 1.165) is 16.3 Å². The van der Waals surface area contributed by atoms with Crippen LogP contribution in [0.15, 0.2) is 36.8 Å².